The molecule has 24 heavy (non-hydrogen) atoms. The Balaban J connectivity index is 1.80. The van der Waals surface area contributed by atoms with Crippen LogP contribution in [0.4, 0.5) is 5.69 Å². The first-order valence-corrected chi connectivity index (χ1v) is 8.06. The predicted molar refractivity (Wildman–Crippen MR) is 99.7 cm³/mol. The number of hydrogen-bond acceptors (Lipinski definition) is 3. The molecule has 3 rings (SSSR count). The van der Waals surface area contributed by atoms with E-state index in [4.69, 9.17) is 0 Å². The van der Waals surface area contributed by atoms with E-state index in [9.17, 15) is 0 Å². The van der Waals surface area contributed by atoms with Crippen molar-refractivity contribution in [1.82, 2.24) is 9.78 Å². The van der Waals surface area contributed by atoms with E-state index >= 15 is 0 Å². The molecule has 1 heterocycles. The van der Waals surface area contributed by atoms with Crippen LogP contribution < -0.4 is 5.01 Å². The maximum absolute atomic E-state index is 4.66. The van der Waals surface area contributed by atoms with Crippen LogP contribution >= 0.6 is 0 Å². The monoisotopic (exact) mass is 318 g/mol. The van der Waals surface area contributed by atoms with Gasteiger partial charge >= 0.3 is 0 Å². The first-order chi connectivity index (χ1) is 11.6. The molecular formula is C20H22N4. The van der Waals surface area contributed by atoms with Crippen molar-refractivity contribution in [3.63, 3.8) is 0 Å². The standard InChI is InChI=1S/C20H22N4/c1-16-20(14-21-23(3)19-12-8-5-9-13-19)17(2)24(22-16)15-18-10-6-4-7-11-18/h4-14H,15H2,1-3H3/b21-14+. The van der Waals surface area contributed by atoms with Crippen LogP contribution in [0.25, 0.3) is 0 Å². The smallest absolute Gasteiger partial charge is 0.0685 e. The third kappa shape index (κ3) is 3.54. The van der Waals surface area contributed by atoms with E-state index in [1.165, 1.54) is 5.56 Å². The number of hydrogen-bond donors (Lipinski definition) is 0. The number of anilines is 1. The highest BCUT2D eigenvalue weighted by Gasteiger charge is 2.10. The van der Waals surface area contributed by atoms with Gasteiger partial charge in [-0.05, 0) is 31.5 Å². The Morgan fingerprint density at radius 2 is 1.62 bits per heavy atom. The van der Waals surface area contributed by atoms with Crippen LogP contribution in [-0.4, -0.2) is 23.0 Å². The minimum atomic E-state index is 0.774. The van der Waals surface area contributed by atoms with Crippen LogP contribution in [0, 0.1) is 13.8 Å². The van der Waals surface area contributed by atoms with Gasteiger partial charge in [-0.2, -0.15) is 10.2 Å². The Morgan fingerprint density at radius 3 is 2.29 bits per heavy atom. The molecule has 0 atom stereocenters. The zero-order valence-corrected chi connectivity index (χ0v) is 14.3. The number of hydrazone groups is 1. The maximum Gasteiger partial charge on any atom is 0.0685 e. The summed E-state index contributed by atoms with van der Waals surface area (Å²) >= 11 is 0. The summed E-state index contributed by atoms with van der Waals surface area (Å²) in [6.45, 7) is 4.89. The summed E-state index contributed by atoms with van der Waals surface area (Å²) in [5.41, 5.74) is 5.50. The van der Waals surface area contributed by atoms with Crippen LogP contribution in [0.3, 0.4) is 0 Å². The summed E-state index contributed by atoms with van der Waals surface area (Å²) < 4.78 is 2.04. The van der Waals surface area contributed by atoms with Gasteiger partial charge in [-0.3, -0.25) is 9.69 Å². The fraction of sp³-hybridized carbons (Fsp3) is 0.200. The molecule has 0 amide bonds. The van der Waals surface area contributed by atoms with Crippen LogP contribution in [0.15, 0.2) is 65.8 Å². The molecule has 0 radical (unpaired) electrons. The molecule has 0 saturated carbocycles. The molecule has 4 nitrogen and oxygen atoms in total. The second-order valence-corrected chi connectivity index (χ2v) is 5.83. The van der Waals surface area contributed by atoms with Crippen molar-refractivity contribution in [2.24, 2.45) is 5.10 Å². The molecule has 4 heteroatoms. The van der Waals surface area contributed by atoms with Crippen LogP contribution in [0.5, 0.6) is 0 Å². The van der Waals surface area contributed by atoms with Crippen LogP contribution in [0.2, 0.25) is 0 Å². The summed E-state index contributed by atoms with van der Waals surface area (Å²) in [5, 5.41) is 11.1. The number of nitrogens with zero attached hydrogens (tertiary/aromatic N) is 4. The third-order valence-corrected chi connectivity index (χ3v) is 4.10. The normalized spacial score (nSPS) is 11.1. The summed E-state index contributed by atoms with van der Waals surface area (Å²) in [6.07, 6.45) is 1.90. The van der Waals surface area contributed by atoms with Gasteiger partial charge in [-0.15, -0.1) is 0 Å². The summed E-state index contributed by atoms with van der Waals surface area (Å²) in [5.74, 6) is 0. The Bertz CT molecular complexity index is 820. The van der Waals surface area contributed by atoms with E-state index in [1.54, 1.807) is 0 Å². The molecule has 0 fully saturated rings. The van der Waals surface area contributed by atoms with Gasteiger partial charge in [0.1, 0.15) is 0 Å². The molecule has 0 saturated heterocycles. The molecule has 1 aromatic heterocycles. The first-order valence-electron chi connectivity index (χ1n) is 8.06. The SMILES string of the molecule is Cc1nn(Cc2ccccc2)c(C)c1/C=N/N(C)c1ccccc1. The molecule has 0 spiro atoms. The molecule has 0 aliphatic rings. The van der Waals surface area contributed by atoms with E-state index in [-0.39, 0.29) is 0 Å². The lowest BCUT2D eigenvalue weighted by molar-refractivity contribution is 0.659. The minimum absolute atomic E-state index is 0.774. The first kappa shape index (κ1) is 16.0. The lowest BCUT2D eigenvalue weighted by atomic mass is 10.2. The van der Waals surface area contributed by atoms with Gasteiger partial charge in [0.05, 0.1) is 24.1 Å². The molecule has 2 aromatic carbocycles. The predicted octanol–water partition coefficient (Wildman–Crippen LogP) is 4.02. The summed E-state index contributed by atoms with van der Waals surface area (Å²) in [7, 11) is 1.95. The van der Waals surface area contributed by atoms with Crippen molar-refractivity contribution in [3.05, 3.63) is 83.2 Å². The van der Waals surface area contributed by atoms with Crippen molar-refractivity contribution < 1.29 is 0 Å². The van der Waals surface area contributed by atoms with Crippen molar-refractivity contribution in [3.8, 4) is 0 Å². The average Bonchev–Trinajstić information content (AvgIpc) is 2.88. The highest BCUT2D eigenvalue weighted by molar-refractivity contribution is 5.83. The van der Waals surface area contributed by atoms with Gasteiger partial charge in [0.15, 0.2) is 0 Å². The maximum atomic E-state index is 4.66. The van der Waals surface area contributed by atoms with Crippen molar-refractivity contribution in [2.75, 3.05) is 12.1 Å². The number of benzene rings is 2. The Morgan fingerprint density at radius 1 is 1.00 bits per heavy atom. The van der Waals surface area contributed by atoms with E-state index < -0.39 is 0 Å². The van der Waals surface area contributed by atoms with Crippen LogP contribution in [0.1, 0.15) is 22.5 Å². The Kier molecular flexibility index (Phi) is 4.75. The van der Waals surface area contributed by atoms with Crippen LogP contribution in [-0.2, 0) is 6.54 Å². The van der Waals surface area contributed by atoms with Crippen molar-refractivity contribution in [2.45, 2.75) is 20.4 Å². The third-order valence-electron chi connectivity index (χ3n) is 4.10. The number of aromatic nitrogens is 2. The van der Waals surface area contributed by atoms with E-state index in [0.717, 1.165) is 29.2 Å². The highest BCUT2D eigenvalue weighted by Crippen LogP contribution is 2.15. The molecule has 0 N–H and O–H groups in total. The van der Waals surface area contributed by atoms with E-state index in [0.29, 0.717) is 0 Å². The number of aryl methyl sites for hydroxylation is 1. The second kappa shape index (κ2) is 7.13. The molecule has 0 unspecified atom stereocenters. The fourth-order valence-corrected chi connectivity index (χ4v) is 2.66. The zero-order valence-electron chi connectivity index (χ0n) is 14.3. The van der Waals surface area contributed by atoms with Gasteiger partial charge in [0.2, 0.25) is 0 Å². The van der Waals surface area contributed by atoms with Gasteiger partial charge in [-0.25, -0.2) is 0 Å². The molecule has 122 valence electrons. The molecule has 3 aromatic rings. The Hall–Kier alpha value is -2.88. The number of rotatable bonds is 5. The van der Waals surface area contributed by atoms with Gasteiger partial charge in [0.25, 0.3) is 0 Å². The summed E-state index contributed by atoms with van der Waals surface area (Å²) in [6, 6.07) is 20.5. The lowest BCUT2D eigenvalue weighted by Gasteiger charge is -2.12. The molecule has 0 aliphatic heterocycles. The topological polar surface area (TPSA) is 33.4 Å². The highest BCUT2D eigenvalue weighted by atomic mass is 15.4. The van der Waals surface area contributed by atoms with E-state index in [2.05, 4.69) is 41.4 Å². The zero-order chi connectivity index (χ0) is 16.9. The Labute approximate surface area is 143 Å². The second-order valence-electron chi connectivity index (χ2n) is 5.83. The minimum Gasteiger partial charge on any atom is -0.269 e. The van der Waals surface area contributed by atoms with Crippen molar-refractivity contribution >= 4 is 11.9 Å². The molecule has 0 aliphatic carbocycles. The van der Waals surface area contributed by atoms with Gasteiger partial charge in [-0.1, -0.05) is 48.5 Å². The van der Waals surface area contributed by atoms with Crippen molar-refractivity contribution in [1.29, 1.82) is 0 Å². The quantitative estimate of drug-likeness (QED) is 0.526. The molecule has 0 bridgehead atoms. The average molecular weight is 318 g/mol. The van der Waals surface area contributed by atoms with E-state index in [1.807, 2.05) is 66.3 Å². The fourth-order valence-electron chi connectivity index (χ4n) is 2.66. The summed E-state index contributed by atoms with van der Waals surface area (Å²) in [4.78, 5) is 0. The molecular weight excluding hydrogens is 296 g/mol. The van der Waals surface area contributed by atoms with Gasteiger partial charge < -0.3 is 0 Å². The number of para-hydroxylation sites is 1. The lowest BCUT2D eigenvalue weighted by Crippen LogP contribution is -2.09. The largest absolute Gasteiger partial charge is 0.269 e. The van der Waals surface area contributed by atoms with Gasteiger partial charge in [0, 0.05) is 18.3 Å².